The zero-order chi connectivity index (χ0) is 13.1. The van der Waals surface area contributed by atoms with Crippen molar-refractivity contribution in [3.05, 3.63) is 12.7 Å². The summed E-state index contributed by atoms with van der Waals surface area (Å²) in [5, 5.41) is 0. The molecule has 17 heavy (non-hydrogen) atoms. The van der Waals surface area contributed by atoms with Crippen LogP contribution in [0.2, 0.25) is 0 Å². The van der Waals surface area contributed by atoms with Crippen LogP contribution >= 0.6 is 0 Å². The molecule has 0 aliphatic heterocycles. The highest BCUT2D eigenvalue weighted by molar-refractivity contribution is 5.81. The van der Waals surface area contributed by atoms with Crippen molar-refractivity contribution >= 4 is 11.9 Å². The van der Waals surface area contributed by atoms with Gasteiger partial charge in [0.25, 0.3) is 0 Å². The Morgan fingerprint density at radius 3 is 2.24 bits per heavy atom. The Morgan fingerprint density at radius 1 is 1.18 bits per heavy atom. The summed E-state index contributed by atoms with van der Waals surface area (Å²) in [6.45, 7) is 9.25. The summed E-state index contributed by atoms with van der Waals surface area (Å²) in [4.78, 5) is 24.8. The third kappa shape index (κ3) is 7.55. The van der Waals surface area contributed by atoms with Crippen molar-refractivity contribution in [1.29, 1.82) is 0 Å². The maximum absolute atomic E-state index is 11.8. The lowest BCUT2D eigenvalue weighted by Crippen LogP contribution is -2.32. The largest absolute Gasteiger partial charge is 0.461 e. The fourth-order valence-corrected chi connectivity index (χ4v) is 1.49. The van der Waals surface area contributed by atoms with Crippen LogP contribution in [0.25, 0.3) is 0 Å². The Morgan fingerprint density at radius 2 is 1.76 bits per heavy atom. The van der Waals surface area contributed by atoms with E-state index in [1.165, 1.54) is 6.08 Å². The van der Waals surface area contributed by atoms with Crippen LogP contribution in [0, 0.1) is 0 Å². The average Bonchev–Trinajstić information content (AvgIpc) is 2.33. The molecule has 0 aromatic carbocycles. The first kappa shape index (κ1) is 15.7. The van der Waals surface area contributed by atoms with E-state index in [-0.39, 0.29) is 31.3 Å². The summed E-state index contributed by atoms with van der Waals surface area (Å²) in [5.41, 5.74) is 0. The Balaban J connectivity index is 3.95. The van der Waals surface area contributed by atoms with Gasteiger partial charge in [-0.05, 0) is 12.8 Å². The quantitative estimate of drug-likeness (QED) is 0.459. The van der Waals surface area contributed by atoms with Crippen molar-refractivity contribution in [1.82, 2.24) is 4.90 Å². The topological polar surface area (TPSA) is 46.6 Å². The lowest BCUT2D eigenvalue weighted by molar-refractivity contribution is -0.145. The maximum Gasteiger partial charge on any atom is 0.306 e. The second-order valence-electron chi connectivity index (χ2n) is 3.85. The van der Waals surface area contributed by atoms with Gasteiger partial charge >= 0.3 is 5.97 Å². The molecule has 0 spiro atoms. The standard InChI is InChI=1S/C13H23NO3/c1-4-9-14(10-5-2)12(15)7-8-13(16)17-11-6-3/h6H,3-5,7-11H2,1-2H3. The minimum Gasteiger partial charge on any atom is -0.461 e. The lowest BCUT2D eigenvalue weighted by atomic mass is 10.2. The summed E-state index contributed by atoms with van der Waals surface area (Å²) in [6.07, 6.45) is 3.77. The molecule has 0 bridgehead atoms. The van der Waals surface area contributed by atoms with E-state index in [4.69, 9.17) is 4.74 Å². The first-order chi connectivity index (χ1) is 8.15. The van der Waals surface area contributed by atoms with Crippen molar-refractivity contribution in [3.8, 4) is 0 Å². The molecule has 0 aliphatic carbocycles. The molecule has 0 saturated carbocycles. The van der Waals surface area contributed by atoms with E-state index in [2.05, 4.69) is 6.58 Å². The van der Waals surface area contributed by atoms with Crippen LogP contribution in [-0.2, 0) is 14.3 Å². The van der Waals surface area contributed by atoms with Crippen molar-refractivity contribution < 1.29 is 14.3 Å². The Hall–Kier alpha value is -1.32. The van der Waals surface area contributed by atoms with Crippen LogP contribution in [0.1, 0.15) is 39.5 Å². The van der Waals surface area contributed by atoms with Gasteiger partial charge in [0.2, 0.25) is 5.91 Å². The van der Waals surface area contributed by atoms with Gasteiger partial charge in [-0.25, -0.2) is 0 Å². The monoisotopic (exact) mass is 241 g/mol. The SMILES string of the molecule is C=CCOC(=O)CCC(=O)N(CCC)CCC. The summed E-state index contributed by atoms with van der Waals surface area (Å²) < 4.78 is 4.81. The number of esters is 1. The Kier molecular flexibility index (Phi) is 9.11. The highest BCUT2D eigenvalue weighted by Crippen LogP contribution is 2.02. The zero-order valence-corrected chi connectivity index (χ0v) is 10.9. The van der Waals surface area contributed by atoms with Crippen LogP contribution in [0.15, 0.2) is 12.7 Å². The van der Waals surface area contributed by atoms with Gasteiger partial charge < -0.3 is 9.64 Å². The summed E-state index contributed by atoms with van der Waals surface area (Å²) in [5.74, 6) is -0.310. The van der Waals surface area contributed by atoms with Gasteiger partial charge in [-0.1, -0.05) is 26.5 Å². The molecule has 98 valence electrons. The highest BCUT2D eigenvalue weighted by atomic mass is 16.5. The number of rotatable bonds is 9. The number of carbonyl (C=O) groups excluding carboxylic acids is 2. The van der Waals surface area contributed by atoms with Crippen LogP contribution < -0.4 is 0 Å². The normalized spacial score (nSPS) is 9.76. The predicted octanol–water partition coefficient (Wildman–Crippen LogP) is 2.14. The fourth-order valence-electron chi connectivity index (χ4n) is 1.49. The van der Waals surface area contributed by atoms with E-state index in [9.17, 15) is 9.59 Å². The van der Waals surface area contributed by atoms with E-state index in [0.717, 1.165) is 25.9 Å². The molecule has 0 unspecified atom stereocenters. The van der Waals surface area contributed by atoms with Crippen LogP contribution in [0.4, 0.5) is 0 Å². The number of carbonyl (C=O) groups is 2. The molecule has 0 rings (SSSR count). The number of amides is 1. The van der Waals surface area contributed by atoms with E-state index < -0.39 is 0 Å². The zero-order valence-electron chi connectivity index (χ0n) is 10.9. The molecule has 0 fully saturated rings. The van der Waals surface area contributed by atoms with Crippen molar-refractivity contribution in [2.45, 2.75) is 39.5 Å². The highest BCUT2D eigenvalue weighted by Gasteiger charge is 2.13. The van der Waals surface area contributed by atoms with Gasteiger partial charge in [-0.15, -0.1) is 0 Å². The van der Waals surface area contributed by atoms with Crippen LogP contribution in [0.5, 0.6) is 0 Å². The number of ether oxygens (including phenoxy) is 1. The van der Waals surface area contributed by atoms with Gasteiger partial charge in [-0.3, -0.25) is 9.59 Å². The predicted molar refractivity (Wildman–Crippen MR) is 67.6 cm³/mol. The first-order valence-corrected chi connectivity index (χ1v) is 6.19. The minimum absolute atomic E-state index is 0.0317. The van der Waals surface area contributed by atoms with Crippen molar-refractivity contribution in [2.75, 3.05) is 19.7 Å². The van der Waals surface area contributed by atoms with E-state index in [1.807, 2.05) is 13.8 Å². The molecule has 0 heterocycles. The summed E-state index contributed by atoms with van der Waals surface area (Å²) in [6, 6.07) is 0. The molecule has 0 radical (unpaired) electrons. The van der Waals surface area contributed by atoms with E-state index in [0.29, 0.717) is 0 Å². The Bertz CT molecular complexity index is 245. The third-order valence-electron chi connectivity index (χ3n) is 2.24. The second kappa shape index (κ2) is 9.87. The molecule has 4 nitrogen and oxygen atoms in total. The number of hydrogen-bond donors (Lipinski definition) is 0. The smallest absolute Gasteiger partial charge is 0.306 e. The molecular formula is C13H23NO3. The number of hydrogen-bond acceptors (Lipinski definition) is 3. The molecule has 0 aliphatic rings. The van der Waals surface area contributed by atoms with Gasteiger partial charge in [0.05, 0.1) is 6.42 Å². The van der Waals surface area contributed by atoms with Gasteiger partial charge in [0.1, 0.15) is 6.61 Å². The van der Waals surface area contributed by atoms with Crippen molar-refractivity contribution in [2.24, 2.45) is 0 Å². The molecule has 0 N–H and O–H groups in total. The second-order valence-corrected chi connectivity index (χ2v) is 3.85. The van der Waals surface area contributed by atoms with Gasteiger partial charge in [0.15, 0.2) is 0 Å². The van der Waals surface area contributed by atoms with Gasteiger partial charge in [0, 0.05) is 19.5 Å². The summed E-state index contributed by atoms with van der Waals surface area (Å²) >= 11 is 0. The molecule has 4 heteroatoms. The maximum atomic E-state index is 11.8. The first-order valence-electron chi connectivity index (χ1n) is 6.19. The molecule has 1 amide bonds. The molecular weight excluding hydrogens is 218 g/mol. The number of nitrogens with zero attached hydrogens (tertiary/aromatic N) is 1. The Labute approximate surface area is 104 Å². The third-order valence-corrected chi connectivity index (χ3v) is 2.24. The molecule has 0 saturated heterocycles. The van der Waals surface area contributed by atoms with Gasteiger partial charge in [-0.2, -0.15) is 0 Å². The lowest BCUT2D eigenvalue weighted by Gasteiger charge is -2.21. The molecule has 0 atom stereocenters. The molecule has 0 aromatic heterocycles. The molecule has 0 aromatic rings. The fraction of sp³-hybridized carbons (Fsp3) is 0.692. The average molecular weight is 241 g/mol. The minimum atomic E-state index is -0.341. The van der Waals surface area contributed by atoms with E-state index in [1.54, 1.807) is 4.90 Å². The van der Waals surface area contributed by atoms with Crippen LogP contribution in [0.3, 0.4) is 0 Å². The van der Waals surface area contributed by atoms with Crippen LogP contribution in [-0.4, -0.2) is 36.5 Å². The summed E-state index contributed by atoms with van der Waals surface area (Å²) in [7, 11) is 0. The van der Waals surface area contributed by atoms with E-state index >= 15 is 0 Å². The van der Waals surface area contributed by atoms with Crippen molar-refractivity contribution in [3.63, 3.8) is 0 Å².